The Bertz CT molecular complexity index is 1230. The van der Waals surface area contributed by atoms with Gasteiger partial charge in [-0.25, -0.2) is 0 Å². The number of nitrogens with zero attached hydrogens (tertiary/aromatic N) is 2. The molecule has 0 N–H and O–H groups in total. The number of carbonyl (C=O) groups excluding carboxylic acids is 2. The van der Waals surface area contributed by atoms with Crippen LogP contribution in [0.25, 0.3) is 21.9 Å². The first-order valence-electron chi connectivity index (χ1n) is 9.57. The summed E-state index contributed by atoms with van der Waals surface area (Å²) >= 11 is 0. The number of hydrogen-bond acceptors (Lipinski definition) is 3. The minimum absolute atomic E-state index is 0.271. The molecule has 0 fully saturated rings. The highest BCUT2D eigenvalue weighted by Crippen LogP contribution is 2.38. The van der Waals surface area contributed by atoms with E-state index in [0.29, 0.717) is 16.8 Å². The van der Waals surface area contributed by atoms with Gasteiger partial charge in [-0.3, -0.25) is 19.5 Å². The van der Waals surface area contributed by atoms with E-state index >= 15 is 0 Å². The first-order chi connectivity index (χ1) is 14.2. The van der Waals surface area contributed by atoms with Crippen LogP contribution in [0.1, 0.15) is 39.4 Å². The maximum absolute atomic E-state index is 13.0. The van der Waals surface area contributed by atoms with Crippen LogP contribution >= 0.6 is 0 Å². The summed E-state index contributed by atoms with van der Waals surface area (Å²) in [5, 5.41) is 2.07. The van der Waals surface area contributed by atoms with Gasteiger partial charge in [0.05, 0.1) is 22.9 Å². The lowest BCUT2D eigenvalue weighted by Gasteiger charge is -2.25. The van der Waals surface area contributed by atoms with E-state index in [2.05, 4.69) is 6.07 Å². The van der Waals surface area contributed by atoms with Gasteiger partial charge in [0.15, 0.2) is 0 Å². The molecular weight excluding hydrogens is 360 g/mol. The molecule has 1 aromatic heterocycles. The molecule has 3 aromatic carbocycles. The van der Waals surface area contributed by atoms with E-state index in [1.54, 1.807) is 24.3 Å². The monoisotopic (exact) mass is 378 g/mol. The molecule has 29 heavy (non-hydrogen) atoms. The lowest BCUT2D eigenvalue weighted by Crippen LogP contribution is -2.33. The van der Waals surface area contributed by atoms with Gasteiger partial charge < -0.3 is 0 Å². The average Bonchev–Trinajstić information content (AvgIpc) is 3.03. The van der Waals surface area contributed by atoms with E-state index < -0.39 is 6.04 Å². The second kappa shape index (κ2) is 6.67. The van der Waals surface area contributed by atoms with Crippen LogP contribution in [-0.2, 0) is 0 Å². The smallest absolute Gasteiger partial charge is 0.262 e. The topological polar surface area (TPSA) is 50.3 Å². The van der Waals surface area contributed by atoms with Gasteiger partial charge in [-0.05, 0) is 30.0 Å². The summed E-state index contributed by atoms with van der Waals surface area (Å²) in [6, 6.07) is 24.5. The van der Waals surface area contributed by atoms with Crippen LogP contribution in [0.4, 0.5) is 0 Å². The van der Waals surface area contributed by atoms with Gasteiger partial charge in [-0.2, -0.15) is 0 Å². The fraction of sp³-hybridized carbons (Fsp3) is 0.0800. The average molecular weight is 378 g/mol. The lowest BCUT2D eigenvalue weighted by molar-refractivity contribution is 0.0593. The fourth-order valence-corrected chi connectivity index (χ4v) is 4.09. The molecule has 0 spiro atoms. The molecule has 0 bridgehead atoms. The van der Waals surface area contributed by atoms with Crippen molar-refractivity contribution in [3.05, 3.63) is 102 Å². The summed E-state index contributed by atoms with van der Waals surface area (Å²) in [5.41, 5.74) is 3.57. The quantitative estimate of drug-likeness (QED) is 0.457. The molecule has 4 heteroatoms. The maximum Gasteiger partial charge on any atom is 0.262 e. The molecule has 1 aliphatic heterocycles. The highest BCUT2D eigenvalue weighted by molar-refractivity contribution is 6.21. The number of imide groups is 1. The van der Waals surface area contributed by atoms with E-state index in [0.717, 1.165) is 21.9 Å². The van der Waals surface area contributed by atoms with Gasteiger partial charge in [-0.1, -0.05) is 66.7 Å². The Balaban J connectivity index is 1.70. The van der Waals surface area contributed by atoms with Crippen LogP contribution < -0.4 is 0 Å². The summed E-state index contributed by atoms with van der Waals surface area (Å²) in [6.45, 7) is 1.87. The highest BCUT2D eigenvalue weighted by Gasteiger charge is 2.39. The summed E-state index contributed by atoms with van der Waals surface area (Å²) in [7, 11) is 0. The molecule has 0 saturated heterocycles. The van der Waals surface area contributed by atoms with Crippen molar-refractivity contribution in [2.45, 2.75) is 13.0 Å². The van der Waals surface area contributed by atoms with Crippen LogP contribution in [0.5, 0.6) is 0 Å². The number of fused-ring (bicyclic) bond motifs is 2. The number of pyridine rings is 1. The van der Waals surface area contributed by atoms with Crippen LogP contribution in [-0.4, -0.2) is 21.7 Å². The van der Waals surface area contributed by atoms with Crippen molar-refractivity contribution in [3.8, 4) is 11.1 Å². The summed E-state index contributed by atoms with van der Waals surface area (Å²) < 4.78 is 0. The van der Waals surface area contributed by atoms with Crippen molar-refractivity contribution >= 4 is 22.6 Å². The third-order valence-electron chi connectivity index (χ3n) is 5.50. The molecule has 2 heterocycles. The van der Waals surface area contributed by atoms with E-state index in [9.17, 15) is 9.59 Å². The zero-order valence-corrected chi connectivity index (χ0v) is 15.9. The summed E-state index contributed by atoms with van der Waals surface area (Å²) in [5.74, 6) is -0.542. The lowest BCUT2D eigenvalue weighted by atomic mass is 9.94. The molecule has 1 unspecified atom stereocenters. The molecular formula is C25H18N2O2. The van der Waals surface area contributed by atoms with Crippen molar-refractivity contribution in [2.24, 2.45) is 0 Å². The number of hydrogen-bond donors (Lipinski definition) is 0. The van der Waals surface area contributed by atoms with Crippen LogP contribution in [0.3, 0.4) is 0 Å². The zero-order valence-electron chi connectivity index (χ0n) is 15.9. The van der Waals surface area contributed by atoms with Crippen molar-refractivity contribution in [2.75, 3.05) is 0 Å². The maximum atomic E-state index is 13.0. The Labute approximate surface area is 168 Å². The van der Waals surface area contributed by atoms with E-state index in [-0.39, 0.29) is 11.8 Å². The predicted molar refractivity (Wildman–Crippen MR) is 113 cm³/mol. The molecule has 5 rings (SSSR count). The largest absolute Gasteiger partial charge is 0.269 e. The van der Waals surface area contributed by atoms with Gasteiger partial charge in [0.2, 0.25) is 0 Å². The second-order valence-corrected chi connectivity index (χ2v) is 7.17. The molecule has 0 radical (unpaired) electrons. The van der Waals surface area contributed by atoms with Gasteiger partial charge >= 0.3 is 0 Å². The molecule has 4 aromatic rings. The first-order valence-corrected chi connectivity index (χ1v) is 9.57. The van der Waals surface area contributed by atoms with Gasteiger partial charge in [0, 0.05) is 17.1 Å². The van der Waals surface area contributed by atoms with Crippen LogP contribution in [0, 0.1) is 0 Å². The van der Waals surface area contributed by atoms with E-state index in [1.807, 2.05) is 61.7 Å². The Kier molecular flexibility index (Phi) is 3.98. The minimum Gasteiger partial charge on any atom is -0.269 e. The van der Waals surface area contributed by atoms with Crippen LogP contribution in [0.2, 0.25) is 0 Å². The SMILES string of the molecule is CC(c1ncc2ccccc2c1-c1ccccc1)N1C(=O)c2ccccc2C1=O. The zero-order chi connectivity index (χ0) is 20.0. The van der Waals surface area contributed by atoms with Gasteiger partial charge in [0.25, 0.3) is 11.8 Å². The number of aromatic nitrogens is 1. The van der Waals surface area contributed by atoms with Crippen molar-refractivity contribution in [1.29, 1.82) is 0 Å². The number of carbonyl (C=O) groups is 2. The Morgan fingerprint density at radius 1 is 0.759 bits per heavy atom. The first kappa shape index (κ1) is 17.3. The molecule has 1 aliphatic rings. The molecule has 2 amide bonds. The standard InChI is InChI=1S/C25H18N2O2/c1-16(27-24(28)20-13-7-8-14-21(20)25(27)29)23-22(17-9-3-2-4-10-17)19-12-6-5-11-18(19)15-26-23/h2-16H,1H3. The number of amides is 2. The second-order valence-electron chi connectivity index (χ2n) is 7.17. The Morgan fingerprint density at radius 3 is 2.03 bits per heavy atom. The highest BCUT2D eigenvalue weighted by atomic mass is 16.2. The molecule has 0 saturated carbocycles. The van der Waals surface area contributed by atoms with Crippen molar-refractivity contribution in [3.63, 3.8) is 0 Å². The number of benzene rings is 3. The number of rotatable bonds is 3. The molecule has 1 atom stereocenters. The van der Waals surface area contributed by atoms with E-state index in [1.165, 1.54) is 4.90 Å². The minimum atomic E-state index is -0.498. The molecule has 140 valence electrons. The van der Waals surface area contributed by atoms with Crippen molar-refractivity contribution < 1.29 is 9.59 Å². The third-order valence-corrected chi connectivity index (χ3v) is 5.50. The molecule has 4 nitrogen and oxygen atoms in total. The Hall–Kier alpha value is -3.79. The van der Waals surface area contributed by atoms with Crippen LogP contribution in [0.15, 0.2) is 85.1 Å². The summed E-state index contributed by atoms with van der Waals surface area (Å²) in [6.07, 6.45) is 1.81. The third kappa shape index (κ3) is 2.64. The summed E-state index contributed by atoms with van der Waals surface area (Å²) in [4.78, 5) is 32.1. The normalized spacial score (nSPS) is 14.3. The molecule has 0 aliphatic carbocycles. The fourth-order valence-electron chi connectivity index (χ4n) is 4.09. The van der Waals surface area contributed by atoms with Crippen molar-refractivity contribution in [1.82, 2.24) is 9.88 Å². The Morgan fingerprint density at radius 2 is 1.34 bits per heavy atom. The predicted octanol–water partition coefficient (Wildman–Crippen LogP) is 5.26. The van der Waals surface area contributed by atoms with Gasteiger partial charge in [-0.15, -0.1) is 0 Å². The van der Waals surface area contributed by atoms with E-state index in [4.69, 9.17) is 4.98 Å². The van der Waals surface area contributed by atoms with Gasteiger partial charge in [0.1, 0.15) is 0 Å².